The summed E-state index contributed by atoms with van der Waals surface area (Å²) in [6, 6.07) is 42.4. The lowest BCUT2D eigenvalue weighted by Gasteiger charge is -2.25. The van der Waals surface area contributed by atoms with E-state index < -0.39 is 0 Å². The van der Waals surface area contributed by atoms with E-state index in [1.807, 2.05) is 12.1 Å². The van der Waals surface area contributed by atoms with E-state index in [0.717, 1.165) is 60.9 Å². The first-order chi connectivity index (χ1) is 18.7. The lowest BCUT2D eigenvalue weighted by atomic mass is 10.0. The third-order valence-electron chi connectivity index (χ3n) is 7.49. The van der Waals surface area contributed by atoms with Crippen LogP contribution in [0.5, 0.6) is 0 Å². The maximum atomic E-state index is 6.46. The number of aryl methyl sites for hydroxylation is 1. The molecule has 0 spiro atoms. The summed E-state index contributed by atoms with van der Waals surface area (Å²) in [5, 5.41) is 6.92. The van der Waals surface area contributed by atoms with Gasteiger partial charge in [-0.3, -0.25) is 0 Å². The summed E-state index contributed by atoms with van der Waals surface area (Å²) >= 11 is 0. The van der Waals surface area contributed by atoms with E-state index in [-0.39, 0.29) is 0 Å². The Morgan fingerprint density at radius 1 is 0.500 bits per heavy atom. The Labute approximate surface area is 219 Å². The second-order valence-corrected chi connectivity index (χ2v) is 9.87. The zero-order valence-corrected chi connectivity index (χ0v) is 20.8. The number of fused-ring (bicyclic) bond motifs is 8. The van der Waals surface area contributed by atoms with Crippen molar-refractivity contribution in [2.24, 2.45) is 0 Å². The Morgan fingerprint density at radius 2 is 1.29 bits per heavy atom. The minimum absolute atomic E-state index is 0.864. The number of rotatable bonds is 3. The molecule has 3 nitrogen and oxygen atoms in total. The van der Waals surface area contributed by atoms with Crippen molar-refractivity contribution in [2.45, 2.75) is 6.92 Å². The van der Waals surface area contributed by atoms with Crippen molar-refractivity contribution in [3.05, 3.63) is 127 Å². The number of furan rings is 2. The summed E-state index contributed by atoms with van der Waals surface area (Å²) in [6.07, 6.45) is 0. The highest BCUT2D eigenvalue weighted by molar-refractivity contribution is 6.19. The second kappa shape index (κ2) is 7.99. The summed E-state index contributed by atoms with van der Waals surface area (Å²) in [6.45, 7) is 2.12. The van der Waals surface area contributed by atoms with E-state index in [9.17, 15) is 0 Å². The first-order valence-corrected chi connectivity index (χ1v) is 12.9. The zero-order valence-electron chi connectivity index (χ0n) is 20.8. The Morgan fingerprint density at radius 3 is 2.21 bits per heavy atom. The molecule has 0 aliphatic heterocycles. The summed E-state index contributed by atoms with van der Waals surface area (Å²) in [5.74, 6) is 0. The van der Waals surface area contributed by atoms with Gasteiger partial charge in [0.1, 0.15) is 16.7 Å². The van der Waals surface area contributed by atoms with Crippen molar-refractivity contribution in [1.82, 2.24) is 0 Å². The van der Waals surface area contributed by atoms with Gasteiger partial charge in [-0.1, -0.05) is 72.8 Å². The zero-order chi connectivity index (χ0) is 25.2. The van der Waals surface area contributed by atoms with E-state index in [0.29, 0.717) is 0 Å². The molecule has 0 unspecified atom stereocenters. The molecule has 3 heteroatoms. The van der Waals surface area contributed by atoms with Gasteiger partial charge in [0.2, 0.25) is 0 Å². The summed E-state index contributed by atoms with van der Waals surface area (Å²) in [4.78, 5) is 2.27. The van der Waals surface area contributed by atoms with E-state index in [2.05, 4.69) is 121 Å². The number of anilines is 3. The van der Waals surface area contributed by atoms with Crippen molar-refractivity contribution >= 4 is 71.7 Å². The molecule has 6 aromatic carbocycles. The molecular weight excluding hydrogens is 466 g/mol. The molecule has 2 aromatic heterocycles. The highest BCUT2D eigenvalue weighted by Crippen LogP contribution is 2.44. The molecular formula is C35H23NO2. The van der Waals surface area contributed by atoms with Gasteiger partial charge < -0.3 is 13.7 Å². The maximum Gasteiger partial charge on any atom is 0.159 e. The minimum atomic E-state index is 0.864. The van der Waals surface area contributed by atoms with E-state index in [1.165, 1.54) is 16.3 Å². The van der Waals surface area contributed by atoms with Gasteiger partial charge in [0.25, 0.3) is 0 Å². The standard InChI is InChI=1S/C35H23NO2/c1-22-8-6-10-24(20-22)36(30-14-7-13-28-27-12-4-5-15-31(27)38-35(28)30)25-17-18-29-33(21-25)37-32-19-16-23-9-2-3-11-26(23)34(29)32/h2-21H,1H3. The van der Waals surface area contributed by atoms with Crippen LogP contribution in [0.4, 0.5) is 17.1 Å². The van der Waals surface area contributed by atoms with Crippen LogP contribution in [0.1, 0.15) is 5.56 Å². The van der Waals surface area contributed by atoms with Gasteiger partial charge in [-0.15, -0.1) is 0 Å². The average molecular weight is 490 g/mol. The fourth-order valence-electron chi connectivity index (χ4n) is 5.78. The van der Waals surface area contributed by atoms with Gasteiger partial charge >= 0.3 is 0 Å². The normalized spacial score (nSPS) is 11.8. The lowest BCUT2D eigenvalue weighted by molar-refractivity contribution is 0.667. The van der Waals surface area contributed by atoms with Crippen LogP contribution in [0.15, 0.2) is 130 Å². The summed E-state index contributed by atoms with van der Waals surface area (Å²) in [5.41, 5.74) is 7.79. The van der Waals surface area contributed by atoms with Crippen molar-refractivity contribution < 1.29 is 8.83 Å². The van der Waals surface area contributed by atoms with Gasteiger partial charge in [-0.05, 0) is 65.7 Å². The first-order valence-electron chi connectivity index (χ1n) is 12.9. The molecule has 0 fully saturated rings. The predicted molar refractivity (Wildman–Crippen MR) is 158 cm³/mol. The van der Waals surface area contributed by atoms with Gasteiger partial charge in [0.05, 0.1) is 11.4 Å². The number of nitrogens with zero attached hydrogens (tertiary/aromatic N) is 1. The molecule has 0 amide bonds. The fourth-order valence-corrected chi connectivity index (χ4v) is 5.78. The molecule has 38 heavy (non-hydrogen) atoms. The van der Waals surface area contributed by atoms with Crippen molar-refractivity contribution in [1.29, 1.82) is 0 Å². The lowest BCUT2D eigenvalue weighted by Crippen LogP contribution is -2.10. The molecule has 0 atom stereocenters. The Hall–Kier alpha value is -5.02. The summed E-state index contributed by atoms with van der Waals surface area (Å²) in [7, 11) is 0. The van der Waals surface area contributed by atoms with Gasteiger partial charge in [0.15, 0.2) is 5.58 Å². The van der Waals surface area contributed by atoms with Crippen molar-refractivity contribution in [3.8, 4) is 0 Å². The molecule has 0 aliphatic carbocycles. The highest BCUT2D eigenvalue weighted by atomic mass is 16.3. The quantitative estimate of drug-likeness (QED) is 0.247. The Bertz CT molecular complexity index is 2160. The second-order valence-electron chi connectivity index (χ2n) is 9.87. The van der Waals surface area contributed by atoms with Crippen LogP contribution in [-0.4, -0.2) is 0 Å². The first kappa shape index (κ1) is 21.1. The molecule has 0 N–H and O–H groups in total. The molecule has 0 radical (unpaired) electrons. The number of para-hydroxylation sites is 2. The number of benzene rings is 6. The fraction of sp³-hybridized carbons (Fsp3) is 0.0286. The van der Waals surface area contributed by atoms with Crippen LogP contribution in [0.3, 0.4) is 0 Å². The SMILES string of the molecule is Cc1cccc(N(c2ccc3c(c2)oc2ccc4ccccc4c23)c2cccc3c2oc2ccccc23)c1. The summed E-state index contributed by atoms with van der Waals surface area (Å²) < 4.78 is 12.9. The molecule has 8 aromatic rings. The van der Waals surface area contributed by atoms with Crippen LogP contribution in [0.25, 0.3) is 54.6 Å². The van der Waals surface area contributed by atoms with Crippen LogP contribution in [-0.2, 0) is 0 Å². The van der Waals surface area contributed by atoms with Crippen LogP contribution >= 0.6 is 0 Å². The molecule has 0 aliphatic rings. The Kier molecular flexibility index (Phi) is 4.44. The van der Waals surface area contributed by atoms with Crippen LogP contribution < -0.4 is 4.90 Å². The van der Waals surface area contributed by atoms with E-state index in [1.54, 1.807) is 0 Å². The van der Waals surface area contributed by atoms with Crippen LogP contribution in [0.2, 0.25) is 0 Å². The Balaban J connectivity index is 1.41. The minimum Gasteiger partial charge on any atom is -0.456 e. The monoisotopic (exact) mass is 489 g/mol. The maximum absolute atomic E-state index is 6.46. The predicted octanol–water partition coefficient (Wildman–Crippen LogP) is 10.4. The molecule has 2 heterocycles. The van der Waals surface area contributed by atoms with Gasteiger partial charge in [-0.2, -0.15) is 0 Å². The van der Waals surface area contributed by atoms with E-state index in [4.69, 9.17) is 8.83 Å². The molecule has 180 valence electrons. The molecule has 0 saturated heterocycles. The average Bonchev–Trinajstić information content (AvgIpc) is 3.52. The third-order valence-corrected chi connectivity index (χ3v) is 7.49. The third kappa shape index (κ3) is 3.09. The smallest absolute Gasteiger partial charge is 0.159 e. The molecule has 8 rings (SSSR count). The largest absolute Gasteiger partial charge is 0.456 e. The van der Waals surface area contributed by atoms with Crippen molar-refractivity contribution in [3.63, 3.8) is 0 Å². The number of hydrogen-bond donors (Lipinski definition) is 0. The molecule has 0 saturated carbocycles. The van der Waals surface area contributed by atoms with Crippen molar-refractivity contribution in [2.75, 3.05) is 4.90 Å². The van der Waals surface area contributed by atoms with Gasteiger partial charge in [0, 0.05) is 33.3 Å². The number of hydrogen-bond acceptors (Lipinski definition) is 3. The van der Waals surface area contributed by atoms with Gasteiger partial charge in [-0.25, -0.2) is 0 Å². The highest BCUT2D eigenvalue weighted by Gasteiger charge is 2.20. The topological polar surface area (TPSA) is 29.5 Å². The molecule has 0 bridgehead atoms. The van der Waals surface area contributed by atoms with Crippen LogP contribution in [0, 0.1) is 6.92 Å². The van der Waals surface area contributed by atoms with E-state index >= 15 is 0 Å².